The number of aliphatic hydroxyl groups is 1. The largest absolute Gasteiger partial charge is 0.389 e. The number of hydrogen-bond acceptors (Lipinski definition) is 4. The molecule has 0 aliphatic heterocycles. The molecule has 0 bridgehead atoms. The van der Waals surface area contributed by atoms with Crippen molar-refractivity contribution in [1.29, 1.82) is 0 Å². The van der Waals surface area contributed by atoms with Crippen LogP contribution in [0.25, 0.3) is 0 Å². The molecule has 1 fully saturated rings. The molecule has 2 rings (SSSR count). The van der Waals surface area contributed by atoms with E-state index in [9.17, 15) is 5.11 Å². The normalized spacial score (nSPS) is 28.6. The van der Waals surface area contributed by atoms with Gasteiger partial charge in [0.25, 0.3) is 0 Å². The summed E-state index contributed by atoms with van der Waals surface area (Å²) in [6.07, 6.45) is 4.59. The van der Waals surface area contributed by atoms with Crippen LogP contribution in [0.2, 0.25) is 0 Å². The Morgan fingerprint density at radius 3 is 2.53 bits per heavy atom. The van der Waals surface area contributed by atoms with Gasteiger partial charge in [0.2, 0.25) is 0 Å². The molecule has 0 spiro atoms. The van der Waals surface area contributed by atoms with Gasteiger partial charge >= 0.3 is 0 Å². The topological polar surface area (TPSA) is 45.1 Å². The molecule has 0 amide bonds. The third-order valence-corrected chi connectivity index (χ3v) is 4.97. The summed E-state index contributed by atoms with van der Waals surface area (Å²) in [6, 6.07) is 0.571. The fourth-order valence-electron chi connectivity index (χ4n) is 2.64. The molecule has 0 unspecified atom stereocenters. The van der Waals surface area contributed by atoms with E-state index in [1.807, 2.05) is 7.05 Å². The third-order valence-electron chi connectivity index (χ3n) is 4.13. The first-order valence-corrected chi connectivity index (χ1v) is 8.05. The summed E-state index contributed by atoms with van der Waals surface area (Å²) in [5, 5.41) is 17.2. The molecule has 1 heterocycles. The second-order valence-electron chi connectivity index (χ2n) is 6.84. The number of nitrogens with one attached hydrogen (secondary N) is 1. The van der Waals surface area contributed by atoms with E-state index in [0.717, 1.165) is 36.4 Å². The molecule has 1 aromatic rings. The highest BCUT2D eigenvalue weighted by Crippen LogP contribution is 2.33. The predicted octanol–water partition coefficient (Wildman–Crippen LogP) is 2.88. The summed E-state index contributed by atoms with van der Waals surface area (Å²) >= 11 is 1.69. The lowest BCUT2D eigenvalue weighted by Gasteiger charge is -2.35. The van der Waals surface area contributed by atoms with Crippen molar-refractivity contribution >= 4 is 11.3 Å². The van der Waals surface area contributed by atoms with Crippen LogP contribution >= 0.6 is 11.3 Å². The Kier molecular flexibility index (Phi) is 4.33. The van der Waals surface area contributed by atoms with Gasteiger partial charge in [0.15, 0.2) is 0 Å². The standard InChI is InChI=1S/C15H26N2OS/c1-14(2,3)12-10-19-13(17-12)9-15(18)7-5-11(16-4)6-8-15/h10-11,16,18H,5-9H2,1-4H3. The molecule has 4 heteroatoms. The molecule has 19 heavy (non-hydrogen) atoms. The second kappa shape index (κ2) is 5.51. The predicted molar refractivity (Wildman–Crippen MR) is 80.8 cm³/mol. The van der Waals surface area contributed by atoms with E-state index in [2.05, 4.69) is 31.5 Å². The minimum atomic E-state index is -0.541. The molecule has 108 valence electrons. The molecule has 0 saturated heterocycles. The maximum Gasteiger partial charge on any atom is 0.0957 e. The van der Waals surface area contributed by atoms with Crippen molar-refractivity contribution in [1.82, 2.24) is 10.3 Å². The lowest BCUT2D eigenvalue weighted by atomic mass is 9.80. The molecule has 0 aromatic carbocycles. The zero-order valence-electron chi connectivity index (χ0n) is 12.5. The molecule has 1 saturated carbocycles. The molecule has 1 aliphatic carbocycles. The van der Waals surface area contributed by atoms with Gasteiger partial charge in [0, 0.05) is 23.3 Å². The molecule has 3 nitrogen and oxygen atoms in total. The van der Waals surface area contributed by atoms with Gasteiger partial charge in [0.05, 0.1) is 16.3 Å². The van der Waals surface area contributed by atoms with Gasteiger partial charge in [-0.15, -0.1) is 11.3 Å². The van der Waals surface area contributed by atoms with Gasteiger partial charge < -0.3 is 10.4 Å². The van der Waals surface area contributed by atoms with Gasteiger partial charge in [-0.2, -0.15) is 0 Å². The Balaban J connectivity index is 1.99. The molecule has 1 aromatic heterocycles. The van der Waals surface area contributed by atoms with Crippen LogP contribution in [-0.2, 0) is 11.8 Å². The SMILES string of the molecule is CNC1CCC(O)(Cc2nc(C(C)(C)C)cs2)CC1. The van der Waals surface area contributed by atoms with Gasteiger partial charge in [-0.05, 0) is 32.7 Å². The van der Waals surface area contributed by atoms with Crippen LogP contribution in [0.1, 0.15) is 57.2 Å². The van der Waals surface area contributed by atoms with Crippen molar-refractivity contribution < 1.29 is 5.11 Å². The van der Waals surface area contributed by atoms with E-state index in [0.29, 0.717) is 12.5 Å². The zero-order chi connectivity index (χ0) is 14.1. The lowest BCUT2D eigenvalue weighted by molar-refractivity contribution is -0.00250. The van der Waals surface area contributed by atoms with Crippen molar-refractivity contribution in [2.75, 3.05) is 7.05 Å². The maximum atomic E-state index is 10.7. The van der Waals surface area contributed by atoms with E-state index >= 15 is 0 Å². The fraction of sp³-hybridized carbons (Fsp3) is 0.800. The van der Waals surface area contributed by atoms with Crippen molar-refractivity contribution in [2.24, 2.45) is 0 Å². The molecular formula is C15H26N2OS. The number of aromatic nitrogens is 1. The quantitative estimate of drug-likeness (QED) is 0.896. The van der Waals surface area contributed by atoms with E-state index < -0.39 is 5.60 Å². The van der Waals surface area contributed by atoms with Crippen LogP contribution in [0.4, 0.5) is 0 Å². The van der Waals surface area contributed by atoms with Gasteiger partial charge in [-0.3, -0.25) is 0 Å². The zero-order valence-corrected chi connectivity index (χ0v) is 13.3. The highest BCUT2D eigenvalue weighted by molar-refractivity contribution is 7.09. The van der Waals surface area contributed by atoms with Crippen molar-refractivity contribution in [3.8, 4) is 0 Å². The number of nitrogens with zero attached hydrogens (tertiary/aromatic N) is 1. The van der Waals surface area contributed by atoms with Crippen molar-refractivity contribution in [2.45, 2.75) is 69.9 Å². The third kappa shape index (κ3) is 3.77. The monoisotopic (exact) mass is 282 g/mol. The van der Waals surface area contributed by atoms with E-state index in [1.165, 1.54) is 0 Å². The fourth-order valence-corrected chi connectivity index (χ4v) is 3.80. The first-order chi connectivity index (χ1) is 8.82. The Hall–Kier alpha value is -0.450. The molecule has 0 radical (unpaired) electrons. The first kappa shape index (κ1) is 14.9. The maximum absolute atomic E-state index is 10.7. The van der Waals surface area contributed by atoms with Crippen molar-refractivity contribution in [3.63, 3.8) is 0 Å². The average molecular weight is 282 g/mol. The number of rotatable bonds is 3. The summed E-state index contributed by atoms with van der Waals surface area (Å²) in [5.74, 6) is 0. The van der Waals surface area contributed by atoms with E-state index in [4.69, 9.17) is 4.98 Å². The number of hydrogen-bond donors (Lipinski definition) is 2. The summed E-state index contributed by atoms with van der Waals surface area (Å²) in [5.41, 5.74) is 0.696. The Morgan fingerprint density at radius 1 is 1.42 bits per heavy atom. The minimum Gasteiger partial charge on any atom is -0.389 e. The van der Waals surface area contributed by atoms with E-state index in [1.54, 1.807) is 11.3 Å². The van der Waals surface area contributed by atoms with Gasteiger partial charge in [-0.1, -0.05) is 20.8 Å². The smallest absolute Gasteiger partial charge is 0.0957 e. The summed E-state index contributed by atoms with van der Waals surface area (Å²) < 4.78 is 0. The van der Waals surface area contributed by atoms with E-state index in [-0.39, 0.29) is 5.41 Å². The van der Waals surface area contributed by atoms with Gasteiger partial charge in [-0.25, -0.2) is 4.98 Å². The van der Waals surface area contributed by atoms with Crippen molar-refractivity contribution in [3.05, 3.63) is 16.1 Å². The molecule has 2 N–H and O–H groups in total. The summed E-state index contributed by atoms with van der Waals surface area (Å²) in [7, 11) is 2.01. The Labute approximate surface area is 120 Å². The van der Waals surface area contributed by atoms with Gasteiger partial charge in [0.1, 0.15) is 0 Å². The van der Waals surface area contributed by atoms with Crippen LogP contribution in [0, 0.1) is 0 Å². The van der Waals surface area contributed by atoms with Crippen LogP contribution in [0.5, 0.6) is 0 Å². The van der Waals surface area contributed by atoms with Crippen LogP contribution < -0.4 is 5.32 Å². The Bertz CT molecular complexity index is 414. The average Bonchev–Trinajstić information content (AvgIpc) is 2.78. The minimum absolute atomic E-state index is 0.0984. The van der Waals surface area contributed by atoms with Crippen LogP contribution in [0.3, 0.4) is 0 Å². The highest BCUT2D eigenvalue weighted by Gasteiger charge is 2.34. The summed E-state index contributed by atoms with van der Waals surface area (Å²) in [4.78, 5) is 4.70. The molecule has 1 aliphatic rings. The lowest BCUT2D eigenvalue weighted by Crippen LogP contribution is -2.41. The second-order valence-corrected chi connectivity index (χ2v) is 7.78. The Morgan fingerprint density at radius 2 is 2.05 bits per heavy atom. The van der Waals surface area contributed by atoms with Crippen LogP contribution in [0.15, 0.2) is 5.38 Å². The highest BCUT2D eigenvalue weighted by atomic mass is 32.1. The summed E-state index contributed by atoms with van der Waals surface area (Å²) in [6.45, 7) is 6.54. The first-order valence-electron chi connectivity index (χ1n) is 7.17. The molecule has 0 atom stereocenters. The van der Waals surface area contributed by atoms with Crippen LogP contribution in [-0.4, -0.2) is 28.8 Å². The molecular weight excluding hydrogens is 256 g/mol. The number of thiazole rings is 1.